The first-order valence-corrected chi connectivity index (χ1v) is 8.73. The summed E-state index contributed by atoms with van der Waals surface area (Å²) in [6.07, 6.45) is 1.01. The van der Waals surface area contributed by atoms with Crippen molar-refractivity contribution in [2.75, 3.05) is 5.32 Å². The Hall–Kier alpha value is -2.33. The van der Waals surface area contributed by atoms with E-state index in [9.17, 15) is 9.59 Å². The van der Waals surface area contributed by atoms with E-state index in [1.54, 1.807) is 0 Å². The third kappa shape index (κ3) is 6.24. The van der Waals surface area contributed by atoms with Crippen molar-refractivity contribution in [1.29, 1.82) is 0 Å². The number of halogens is 1. The van der Waals surface area contributed by atoms with Gasteiger partial charge in [0.25, 0.3) is 0 Å². The zero-order chi connectivity index (χ0) is 18.2. The highest BCUT2D eigenvalue weighted by Gasteiger charge is 2.07. The van der Waals surface area contributed by atoms with E-state index in [2.05, 4.69) is 10.6 Å². The van der Waals surface area contributed by atoms with Gasteiger partial charge in [0.2, 0.25) is 11.8 Å². The number of anilines is 1. The van der Waals surface area contributed by atoms with Crippen molar-refractivity contribution >= 4 is 29.1 Å². The van der Waals surface area contributed by atoms with Crippen LogP contribution in [0.1, 0.15) is 31.4 Å². The highest BCUT2D eigenvalue weighted by molar-refractivity contribution is 6.31. The van der Waals surface area contributed by atoms with Crippen LogP contribution in [0.2, 0.25) is 5.02 Å². The number of carbonyl (C=O) groups excluding carboxylic acids is 2. The van der Waals surface area contributed by atoms with E-state index in [4.69, 9.17) is 11.6 Å². The van der Waals surface area contributed by atoms with Crippen LogP contribution in [0.15, 0.2) is 48.5 Å². The Morgan fingerprint density at radius 3 is 2.36 bits per heavy atom. The molecular formula is C20H23ClN2O2. The van der Waals surface area contributed by atoms with Crippen molar-refractivity contribution < 1.29 is 9.59 Å². The molecule has 25 heavy (non-hydrogen) atoms. The first kappa shape index (κ1) is 19.0. The molecule has 0 aliphatic rings. The predicted octanol–water partition coefficient (Wildman–Crippen LogP) is 4.18. The topological polar surface area (TPSA) is 58.2 Å². The van der Waals surface area contributed by atoms with Crippen LogP contribution >= 0.6 is 11.6 Å². The van der Waals surface area contributed by atoms with Gasteiger partial charge in [0.1, 0.15) is 0 Å². The van der Waals surface area contributed by atoms with E-state index in [0.717, 1.165) is 16.8 Å². The third-order valence-corrected chi connectivity index (χ3v) is 4.18. The summed E-state index contributed by atoms with van der Waals surface area (Å²) in [6.45, 7) is 4.16. The fourth-order valence-electron chi connectivity index (χ4n) is 2.23. The third-order valence-electron chi connectivity index (χ3n) is 3.81. The van der Waals surface area contributed by atoms with Crippen LogP contribution in [0.3, 0.4) is 0 Å². The zero-order valence-corrected chi connectivity index (χ0v) is 15.3. The summed E-state index contributed by atoms with van der Waals surface area (Å²) in [4.78, 5) is 23.6. The fourth-order valence-corrected chi connectivity index (χ4v) is 2.46. The van der Waals surface area contributed by atoms with Crippen molar-refractivity contribution in [3.63, 3.8) is 0 Å². The molecule has 0 bridgehead atoms. The number of amides is 2. The molecule has 0 aliphatic carbocycles. The van der Waals surface area contributed by atoms with Gasteiger partial charge in [0.15, 0.2) is 0 Å². The largest absolute Gasteiger partial charge is 0.352 e. The summed E-state index contributed by atoms with van der Waals surface area (Å²) in [7, 11) is 0. The van der Waals surface area contributed by atoms with Gasteiger partial charge in [-0.15, -0.1) is 0 Å². The van der Waals surface area contributed by atoms with Crippen LogP contribution < -0.4 is 10.6 Å². The van der Waals surface area contributed by atoms with E-state index in [0.29, 0.717) is 24.4 Å². The quantitative estimate of drug-likeness (QED) is 0.779. The van der Waals surface area contributed by atoms with Crippen molar-refractivity contribution in [3.8, 4) is 0 Å². The van der Waals surface area contributed by atoms with Crippen LogP contribution in [0, 0.1) is 5.92 Å². The molecule has 0 unspecified atom stereocenters. The highest BCUT2D eigenvalue weighted by atomic mass is 35.5. The van der Waals surface area contributed by atoms with Gasteiger partial charge >= 0.3 is 0 Å². The molecular weight excluding hydrogens is 336 g/mol. The van der Waals surface area contributed by atoms with E-state index in [-0.39, 0.29) is 17.7 Å². The summed E-state index contributed by atoms with van der Waals surface area (Å²) in [5, 5.41) is 6.43. The van der Waals surface area contributed by atoms with E-state index >= 15 is 0 Å². The molecule has 0 aliphatic heterocycles. The number of aryl methyl sites for hydroxylation is 1. The van der Waals surface area contributed by atoms with Crippen LogP contribution in [-0.2, 0) is 22.6 Å². The molecule has 0 heterocycles. The van der Waals surface area contributed by atoms with E-state index < -0.39 is 0 Å². The Bertz CT molecular complexity index is 727. The summed E-state index contributed by atoms with van der Waals surface area (Å²) in [5.74, 6) is -0.0881. The monoisotopic (exact) mass is 358 g/mol. The molecule has 0 atom stereocenters. The Kier molecular flexibility index (Phi) is 7.02. The van der Waals surface area contributed by atoms with Gasteiger partial charge in [0, 0.05) is 29.6 Å². The lowest BCUT2D eigenvalue weighted by atomic mass is 10.1. The average Bonchev–Trinajstić information content (AvgIpc) is 2.60. The lowest BCUT2D eigenvalue weighted by Crippen LogP contribution is -2.23. The average molecular weight is 359 g/mol. The Morgan fingerprint density at radius 2 is 1.72 bits per heavy atom. The number of benzene rings is 2. The van der Waals surface area contributed by atoms with Gasteiger partial charge in [-0.25, -0.2) is 0 Å². The lowest BCUT2D eigenvalue weighted by Gasteiger charge is -2.09. The normalized spacial score (nSPS) is 10.6. The maximum absolute atomic E-state index is 12.0. The molecule has 132 valence electrons. The minimum Gasteiger partial charge on any atom is -0.352 e. The molecule has 0 spiro atoms. The maximum atomic E-state index is 12.0. The van der Waals surface area contributed by atoms with Crippen molar-refractivity contribution in [2.24, 2.45) is 5.92 Å². The molecule has 5 heteroatoms. The van der Waals surface area contributed by atoms with Gasteiger partial charge in [-0.1, -0.05) is 55.8 Å². The minimum atomic E-state index is -0.0583. The molecule has 2 aromatic carbocycles. The first-order chi connectivity index (χ1) is 12.0. The zero-order valence-electron chi connectivity index (χ0n) is 14.5. The van der Waals surface area contributed by atoms with E-state index in [1.165, 1.54) is 0 Å². The number of nitrogens with one attached hydrogen (secondary N) is 2. The van der Waals surface area contributed by atoms with Crippen molar-refractivity contribution in [3.05, 3.63) is 64.7 Å². The van der Waals surface area contributed by atoms with Crippen molar-refractivity contribution in [1.82, 2.24) is 5.32 Å². The minimum absolute atomic E-state index is 0.0133. The molecule has 4 nitrogen and oxygen atoms in total. The SMILES string of the molecule is CC(C)C(=O)Nc1ccc(CNC(=O)CCc2ccccc2Cl)cc1. The number of carbonyl (C=O) groups is 2. The second-order valence-corrected chi connectivity index (χ2v) is 6.62. The molecule has 0 saturated carbocycles. The standard InChI is InChI=1S/C20H23ClN2O2/c1-14(2)20(25)23-17-10-7-15(8-11-17)13-22-19(24)12-9-16-5-3-4-6-18(16)21/h3-8,10-11,14H,9,12-13H2,1-2H3,(H,22,24)(H,23,25). The molecule has 0 saturated heterocycles. The maximum Gasteiger partial charge on any atom is 0.226 e. The molecule has 0 radical (unpaired) electrons. The lowest BCUT2D eigenvalue weighted by molar-refractivity contribution is -0.121. The Balaban J connectivity index is 1.78. The summed E-state index contributed by atoms with van der Waals surface area (Å²) < 4.78 is 0. The first-order valence-electron chi connectivity index (χ1n) is 8.35. The molecule has 0 aromatic heterocycles. The van der Waals surface area contributed by atoms with Gasteiger partial charge in [-0.05, 0) is 35.7 Å². The highest BCUT2D eigenvalue weighted by Crippen LogP contribution is 2.16. The molecule has 2 amide bonds. The number of hydrogen-bond acceptors (Lipinski definition) is 2. The summed E-state index contributed by atoms with van der Waals surface area (Å²) in [6, 6.07) is 15.0. The van der Waals surface area contributed by atoms with Gasteiger partial charge < -0.3 is 10.6 Å². The van der Waals surface area contributed by atoms with Gasteiger partial charge in [0.05, 0.1) is 0 Å². The predicted molar refractivity (Wildman–Crippen MR) is 102 cm³/mol. The van der Waals surface area contributed by atoms with E-state index in [1.807, 2.05) is 62.4 Å². The molecule has 0 fully saturated rings. The molecule has 2 N–H and O–H groups in total. The number of rotatable bonds is 7. The number of hydrogen-bond donors (Lipinski definition) is 2. The second-order valence-electron chi connectivity index (χ2n) is 6.21. The summed E-state index contributed by atoms with van der Waals surface area (Å²) >= 11 is 6.09. The fraction of sp³-hybridized carbons (Fsp3) is 0.300. The Morgan fingerprint density at radius 1 is 1.04 bits per heavy atom. The Labute approximate surface area is 153 Å². The molecule has 2 rings (SSSR count). The van der Waals surface area contributed by atoms with Gasteiger partial charge in [-0.2, -0.15) is 0 Å². The van der Waals surface area contributed by atoms with Crippen molar-refractivity contribution in [2.45, 2.75) is 33.2 Å². The van der Waals surface area contributed by atoms with Crippen LogP contribution in [0.25, 0.3) is 0 Å². The second kappa shape index (κ2) is 9.23. The van der Waals surface area contributed by atoms with Crippen LogP contribution in [0.4, 0.5) is 5.69 Å². The van der Waals surface area contributed by atoms with Crippen LogP contribution in [0.5, 0.6) is 0 Å². The smallest absolute Gasteiger partial charge is 0.226 e. The van der Waals surface area contributed by atoms with Gasteiger partial charge in [-0.3, -0.25) is 9.59 Å². The molecule has 2 aromatic rings. The summed E-state index contributed by atoms with van der Waals surface area (Å²) in [5.41, 5.74) is 2.71. The van der Waals surface area contributed by atoms with Crippen LogP contribution in [-0.4, -0.2) is 11.8 Å².